The van der Waals surface area contributed by atoms with E-state index in [0.717, 1.165) is 29.6 Å². The number of nitrogens with one attached hydrogen (secondary N) is 1. The Morgan fingerprint density at radius 2 is 1.95 bits per heavy atom. The van der Waals surface area contributed by atoms with Crippen molar-refractivity contribution in [3.8, 4) is 0 Å². The van der Waals surface area contributed by atoms with Crippen LogP contribution in [0.25, 0.3) is 10.9 Å². The Hall–Kier alpha value is -1.45. The molecule has 3 heteroatoms. The van der Waals surface area contributed by atoms with Gasteiger partial charge in [0.05, 0.1) is 11.1 Å². The van der Waals surface area contributed by atoms with Crippen LogP contribution in [0.15, 0.2) is 36.4 Å². The molecule has 0 aliphatic carbocycles. The minimum Gasteiger partial charge on any atom is -0.390 e. The van der Waals surface area contributed by atoms with Crippen LogP contribution in [0.4, 0.5) is 0 Å². The number of rotatable bonds is 6. The van der Waals surface area contributed by atoms with Gasteiger partial charge in [-0.25, -0.2) is 0 Å². The van der Waals surface area contributed by atoms with E-state index in [0.29, 0.717) is 12.5 Å². The van der Waals surface area contributed by atoms with E-state index < -0.39 is 5.60 Å². The Bertz CT molecular complexity index is 564. The number of aromatic nitrogens is 1. The van der Waals surface area contributed by atoms with Crippen LogP contribution in [-0.4, -0.2) is 28.3 Å². The first-order valence-corrected chi connectivity index (χ1v) is 7.27. The molecule has 0 fully saturated rings. The Labute approximate surface area is 121 Å². The number of hydrogen-bond donors (Lipinski definition) is 2. The number of benzene rings is 1. The second-order valence-corrected chi connectivity index (χ2v) is 6.03. The second kappa shape index (κ2) is 6.33. The quantitative estimate of drug-likeness (QED) is 0.850. The van der Waals surface area contributed by atoms with Gasteiger partial charge in [-0.1, -0.05) is 38.1 Å². The average molecular weight is 272 g/mol. The van der Waals surface area contributed by atoms with E-state index in [1.165, 1.54) is 0 Å². The lowest BCUT2D eigenvalue weighted by Crippen LogP contribution is -2.34. The highest BCUT2D eigenvalue weighted by molar-refractivity contribution is 5.78. The summed E-state index contributed by atoms with van der Waals surface area (Å²) >= 11 is 0. The first kappa shape index (κ1) is 14.9. The number of fused-ring (bicyclic) bond motifs is 1. The van der Waals surface area contributed by atoms with Gasteiger partial charge in [-0.05, 0) is 32.0 Å². The third kappa shape index (κ3) is 4.29. The van der Waals surface area contributed by atoms with Gasteiger partial charge in [0.1, 0.15) is 0 Å². The van der Waals surface area contributed by atoms with E-state index in [2.05, 4.69) is 36.3 Å². The van der Waals surface area contributed by atoms with Crippen LogP contribution in [0.1, 0.15) is 32.9 Å². The molecule has 2 aromatic rings. The summed E-state index contributed by atoms with van der Waals surface area (Å²) in [6.45, 7) is 6.92. The lowest BCUT2D eigenvalue weighted by Gasteiger charge is -2.23. The van der Waals surface area contributed by atoms with Gasteiger partial charge in [-0.3, -0.25) is 4.98 Å². The summed E-state index contributed by atoms with van der Waals surface area (Å²) in [5, 5.41) is 14.9. The Balaban J connectivity index is 2.02. The fraction of sp³-hybridized carbons (Fsp3) is 0.471. The highest BCUT2D eigenvalue weighted by Crippen LogP contribution is 2.18. The van der Waals surface area contributed by atoms with Crippen molar-refractivity contribution >= 4 is 10.9 Å². The normalized spacial score (nSPS) is 14.7. The minimum absolute atomic E-state index is 0.449. The Morgan fingerprint density at radius 3 is 2.70 bits per heavy atom. The summed E-state index contributed by atoms with van der Waals surface area (Å²) < 4.78 is 0. The van der Waals surface area contributed by atoms with Crippen molar-refractivity contribution in [3.63, 3.8) is 0 Å². The van der Waals surface area contributed by atoms with Crippen LogP contribution in [0.3, 0.4) is 0 Å². The van der Waals surface area contributed by atoms with E-state index in [1.54, 1.807) is 0 Å². The largest absolute Gasteiger partial charge is 0.390 e. The predicted molar refractivity (Wildman–Crippen MR) is 83.8 cm³/mol. The summed E-state index contributed by atoms with van der Waals surface area (Å²) in [6, 6.07) is 12.6. The van der Waals surface area contributed by atoms with Crippen molar-refractivity contribution < 1.29 is 5.11 Å². The zero-order chi connectivity index (χ0) is 14.6. The SMILES string of the molecule is CC(C)NCCC(C)(O)Cc1ccc2ccccc2n1. The van der Waals surface area contributed by atoms with Crippen molar-refractivity contribution in [2.45, 2.75) is 45.3 Å². The molecule has 1 unspecified atom stereocenters. The molecule has 1 aromatic carbocycles. The van der Waals surface area contributed by atoms with E-state index >= 15 is 0 Å². The zero-order valence-electron chi connectivity index (χ0n) is 12.6. The molecule has 0 saturated carbocycles. The van der Waals surface area contributed by atoms with Crippen LogP contribution in [0, 0.1) is 0 Å². The summed E-state index contributed by atoms with van der Waals surface area (Å²) in [5.41, 5.74) is 1.21. The van der Waals surface area contributed by atoms with Crippen molar-refractivity contribution in [2.24, 2.45) is 0 Å². The average Bonchev–Trinajstić information content (AvgIpc) is 2.37. The molecule has 1 aromatic heterocycles. The molecule has 2 rings (SSSR count). The molecule has 0 radical (unpaired) electrons. The molecule has 3 nitrogen and oxygen atoms in total. The fourth-order valence-electron chi connectivity index (χ4n) is 2.32. The van der Waals surface area contributed by atoms with Gasteiger partial charge in [0.2, 0.25) is 0 Å². The highest BCUT2D eigenvalue weighted by Gasteiger charge is 2.21. The molecule has 20 heavy (non-hydrogen) atoms. The van der Waals surface area contributed by atoms with E-state index in [-0.39, 0.29) is 0 Å². The molecule has 0 bridgehead atoms. The maximum atomic E-state index is 10.5. The van der Waals surface area contributed by atoms with Gasteiger partial charge in [0, 0.05) is 23.5 Å². The van der Waals surface area contributed by atoms with Crippen LogP contribution in [0.5, 0.6) is 0 Å². The summed E-state index contributed by atoms with van der Waals surface area (Å²) in [5.74, 6) is 0. The van der Waals surface area contributed by atoms with Gasteiger partial charge in [0.15, 0.2) is 0 Å². The lowest BCUT2D eigenvalue weighted by atomic mass is 9.95. The lowest BCUT2D eigenvalue weighted by molar-refractivity contribution is 0.0502. The van der Waals surface area contributed by atoms with E-state index in [4.69, 9.17) is 0 Å². The number of para-hydroxylation sites is 1. The summed E-state index contributed by atoms with van der Waals surface area (Å²) in [6.07, 6.45) is 1.30. The summed E-state index contributed by atoms with van der Waals surface area (Å²) in [7, 11) is 0. The molecular formula is C17H24N2O. The molecule has 1 heterocycles. The molecule has 0 aliphatic heterocycles. The smallest absolute Gasteiger partial charge is 0.0705 e. The van der Waals surface area contributed by atoms with Crippen LogP contribution in [-0.2, 0) is 6.42 Å². The van der Waals surface area contributed by atoms with Crippen LogP contribution >= 0.6 is 0 Å². The Kier molecular flexibility index (Phi) is 4.73. The second-order valence-electron chi connectivity index (χ2n) is 6.03. The molecular weight excluding hydrogens is 248 g/mol. The van der Waals surface area contributed by atoms with Crippen molar-refractivity contribution in [2.75, 3.05) is 6.54 Å². The van der Waals surface area contributed by atoms with Crippen LogP contribution in [0.2, 0.25) is 0 Å². The molecule has 0 saturated heterocycles. The highest BCUT2D eigenvalue weighted by atomic mass is 16.3. The van der Waals surface area contributed by atoms with Crippen molar-refractivity contribution in [1.29, 1.82) is 0 Å². The monoisotopic (exact) mass is 272 g/mol. The molecule has 1 atom stereocenters. The first-order valence-electron chi connectivity index (χ1n) is 7.27. The zero-order valence-corrected chi connectivity index (χ0v) is 12.6. The third-order valence-corrected chi connectivity index (χ3v) is 3.43. The number of pyridine rings is 1. The molecule has 0 amide bonds. The van der Waals surface area contributed by atoms with E-state index in [1.807, 2.05) is 31.2 Å². The molecule has 0 aliphatic rings. The topological polar surface area (TPSA) is 45.1 Å². The standard InChI is InChI=1S/C17H24N2O/c1-13(2)18-11-10-17(3,20)12-15-9-8-14-6-4-5-7-16(14)19-15/h4-9,13,18,20H,10-12H2,1-3H3. The fourth-order valence-corrected chi connectivity index (χ4v) is 2.32. The Morgan fingerprint density at radius 1 is 1.20 bits per heavy atom. The summed E-state index contributed by atoms with van der Waals surface area (Å²) in [4.78, 5) is 4.62. The third-order valence-electron chi connectivity index (χ3n) is 3.43. The predicted octanol–water partition coefficient (Wildman–Crippen LogP) is 2.92. The van der Waals surface area contributed by atoms with Gasteiger partial charge < -0.3 is 10.4 Å². The number of aliphatic hydroxyl groups is 1. The van der Waals surface area contributed by atoms with Gasteiger partial charge in [-0.2, -0.15) is 0 Å². The molecule has 2 N–H and O–H groups in total. The first-order chi connectivity index (χ1) is 9.46. The maximum Gasteiger partial charge on any atom is 0.0705 e. The number of hydrogen-bond acceptors (Lipinski definition) is 3. The van der Waals surface area contributed by atoms with E-state index in [9.17, 15) is 5.11 Å². The molecule has 108 valence electrons. The van der Waals surface area contributed by atoms with Crippen molar-refractivity contribution in [3.05, 3.63) is 42.1 Å². The minimum atomic E-state index is -0.725. The van der Waals surface area contributed by atoms with Crippen molar-refractivity contribution in [1.82, 2.24) is 10.3 Å². The molecule has 0 spiro atoms. The van der Waals surface area contributed by atoms with Gasteiger partial charge >= 0.3 is 0 Å². The van der Waals surface area contributed by atoms with Crippen LogP contribution < -0.4 is 5.32 Å². The van der Waals surface area contributed by atoms with Gasteiger partial charge in [0.25, 0.3) is 0 Å². The maximum absolute atomic E-state index is 10.5. The number of nitrogens with zero attached hydrogens (tertiary/aromatic N) is 1. The van der Waals surface area contributed by atoms with Gasteiger partial charge in [-0.15, -0.1) is 0 Å².